The van der Waals surface area contributed by atoms with E-state index in [-0.39, 0.29) is 55.8 Å². The van der Waals surface area contributed by atoms with Crippen LogP contribution in [0.4, 0.5) is 22.7 Å². The first-order chi connectivity index (χ1) is 25.4. The van der Waals surface area contributed by atoms with Crippen LogP contribution in [0.15, 0.2) is 105 Å². The molecule has 0 saturated carbocycles. The molecule has 7 aromatic rings. The SMILES string of the molecule is Nc1ccc(N=C(O)c2ccc3c4ccc(C(=O)O)c5c(C(=O)O)ccc(c6ccc(C(O)=Nc7ccc(N)c(S(=O)(=O)O)c7)c2c36)c54)cc1S(=O)(=O)O. The zero-order valence-electron chi connectivity index (χ0n) is 27.1. The number of hydrogen-bond acceptors (Lipinski definition) is 10. The second kappa shape index (κ2) is 12.4. The molecule has 0 aromatic heterocycles. The van der Waals surface area contributed by atoms with Gasteiger partial charge in [0, 0.05) is 21.9 Å². The summed E-state index contributed by atoms with van der Waals surface area (Å²) in [5.74, 6) is -4.13. The summed E-state index contributed by atoms with van der Waals surface area (Å²) in [5, 5.41) is 45.6. The number of fused-ring (bicyclic) bond motifs is 2. The van der Waals surface area contributed by atoms with Crippen LogP contribution < -0.4 is 11.5 Å². The van der Waals surface area contributed by atoms with Crippen LogP contribution in [0.25, 0.3) is 43.1 Å². The number of benzene rings is 7. The van der Waals surface area contributed by atoms with Crippen molar-refractivity contribution < 1.29 is 56.0 Å². The molecule has 0 bridgehead atoms. The number of carboxylic acids is 2. The second-order valence-corrected chi connectivity index (χ2v) is 14.8. The maximum absolute atomic E-state index is 12.3. The van der Waals surface area contributed by atoms with Gasteiger partial charge < -0.3 is 31.9 Å². The Morgan fingerprint density at radius 2 is 0.778 bits per heavy atom. The number of nitrogens with two attached hydrogens (primary N) is 2. The number of nitrogens with zero attached hydrogens (tertiary/aromatic N) is 2. The number of aromatic carboxylic acids is 2. The van der Waals surface area contributed by atoms with E-state index in [4.69, 9.17) is 11.5 Å². The molecule has 0 unspecified atom stereocenters. The Morgan fingerprint density at radius 3 is 1.09 bits per heavy atom. The van der Waals surface area contributed by atoms with Gasteiger partial charge in [-0.25, -0.2) is 19.6 Å². The van der Waals surface area contributed by atoms with Crippen LogP contribution in [-0.2, 0) is 20.2 Å². The van der Waals surface area contributed by atoms with Gasteiger partial charge in [0.15, 0.2) is 0 Å². The van der Waals surface area contributed by atoms with Gasteiger partial charge in [0.2, 0.25) is 11.8 Å². The molecule has 7 rings (SSSR count). The molecule has 0 aliphatic carbocycles. The number of aliphatic imine (C=N–C) groups is 2. The highest BCUT2D eigenvalue weighted by molar-refractivity contribution is 7.86. The summed E-state index contributed by atoms with van der Waals surface area (Å²) in [4.78, 5) is 31.6. The van der Waals surface area contributed by atoms with E-state index in [0.717, 1.165) is 24.3 Å². The van der Waals surface area contributed by atoms with Gasteiger partial charge in [0.25, 0.3) is 20.2 Å². The molecular formula is C36H24N4O12S2. The molecule has 7 aromatic carbocycles. The normalized spacial score (nSPS) is 13.0. The molecule has 272 valence electrons. The van der Waals surface area contributed by atoms with E-state index in [9.17, 15) is 56.0 Å². The lowest BCUT2D eigenvalue weighted by molar-refractivity contribution is 0.0695. The van der Waals surface area contributed by atoms with Crippen LogP contribution in [0.1, 0.15) is 31.8 Å². The summed E-state index contributed by atoms with van der Waals surface area (Å²) in [5.41, 5.74) is 9.97. The first-order valence-corrected chi connectivity index (χ1v) is 18.2. The number of carbonyl (C=O) groups is 2. The van der Waals surface area contributed by atoms with Gasteiger partial charge in [-0.05, 0) is 93.0 Å². The Labute approximate surface area is 303 Å². The lowest BCUT2D eigenvalue weighted by atomic mass is 9.84. The number of rotatable bonds is 8. The zero-order valence-corrected chi connectivity index (χ0v) is 28.7. The average molecular weight is 769 g/mol. The van der Waals surface area contributed by atoms with Crippen LogP contribution in [0.3, 0.4) is 0 Å². The molecule has 10 N–H and O–H groups in total. The molecule has 0 amide bonds. The van der Waals surface area contributed by atoms with E-state index >= 15 is 0 Å². The number of aliphatic hydroxyl groups is 2. The third-order valence-corrected chi connectivity index (χ3v) is 10.7. The van der Waals surface area contributed by atoms with Gasteiger partial charge >= 0.3 is 11.9 Å². The van der Waals surface area contributed by atoms with Crippen LogP contribution >= 0.6 is 0 Å². The third-order valence-electron chi connectivity index (χ3n) is 8.86. The minimum atomic E-state index is -4.78. The molecular weight excluding hydrogens is 745 g/mol. The Balaban J connectivity index is 1.60. The van der Waals surface area contributed by atoms with Crippen LogP contribution in [0, 0.1) is 0 Å². The minimum Gasteiger partial charge on any atom is -0.493 e. The van der Waals surface area contributed by atoms with E-state index in [1.807, 2.05) is 0 Å². The fourth-order valence-corrected chi connectivity index (χ4v) is 7.89. The molecule has 54 heavy (non-hydrogen) atoms. The van der Waals surface area contributed by atoms with Crippen molar-refractivity contribution in [3.63, 3.8) is 0 Å². The van der Waals surface area contributed by atoms with Crippen molar-refractivity contribution in [1.82, 2.24) is 0 Å². The van der Waals surface area contributed by atoms with Crippen LogP contribution in [-0.4, -0.2) is 70.1 Å². The molecule has 0 heterocycles. The highest BCUT2D eigenvalue weighted by Gasteiger charge is 2.26. The topological polar surface area (TPSA) is 301 Å². The van der Waals surface area contributed by atoms with E-state index in [2.05, 4.69) is 9.98 Å². The van der Waals surface area contributed by atoms with E-state index in [1.54, 1.807) is 12.1 Å². The maximum atomic E-state index is 12.3. The number of anilines is 2. The van der Waals surface area contributed by atoms with Crippen molar-refractivity contribution in [2.24, 2.45) is 9.98 Å². The molecule has 0 spiro atoms. The third kappa shape index (κ3) is 5.80. The Morgan fingerprint density at radius 1 is 0.463 bits per heavy atom. The van der Waals surface area contributed by atoms with Gasteiger partial charge in [0.05, 0.1) is 33.9 Å². The van der Waals surface area contributed by atoms with Gasteiger partial charge in [-0.15, -0.1) is 0 Å². The molecule has 0 saturated heterocycles. The van der Waals surface area contributed by atoms with E-state index in [0.29, 0.717) is 32.3 Å². The number of aliphatic hydroxyl groups excluding tert-OH is 2. The highest BCUT2D eigenvalue weighted by atomic mass is 32.2. The van der Waals surface area contributed by atoms with Crippen molar-refractivity contribution in [2.45, 2.75) is 9.79 Å². The zero-order chi connectivity index (χ0) is 39.0. The predicted octanol–water partition coefficient (Wildman–Crippen LogP) is 6.06. The van der Waals surface area contributed by atoms with Gasteiger partial charge in [-0.1, -0.05) is 24.3 Å². The average Bonchev–Trinajstić information content (AvgIpc) is 3.10. The van der Waals surface area contributed by atoms with Crippen molar-refractivity contribution >= 4 is 110 Å². The minimum absolute atomic E-state index is 0.0262. The van der Waals surface area contributed by atoms with E-state index < -0.39 is 53.8 Å². The van der Waals surface area contributed by atoms with Gasteiger partial charge in [-0.2, -0.15) is 16.8 Å². The summed E-state index contributed by atoms with van der Waals surface area (Å²) in [6, 6.07) is 18.2. The van der Waals surface area contributed by atoms with Crippen molar-refractivity contribution in [1.29, 1.82) is 0 Å². The first kappa shape index (κ1) is 35.5. The highest BCUT2D eigenvalue weighted by Crippen LogP contribution is 2.44. The summed E-state index contributed by atoms with van der Waals surface area (Å²) >= 11 is 0. The maximum Gasteiger partial charge on any atom is 0.336 e. The lowest BCUT2D eigenvalue weighted by Gasteiger charge is -2.19. The number of nitrogen functional groups attached to an aromatic ring is 2. The van der Waals surface area contributed by atoms with Crippen LogP contribution in [0.5, 0.6) is 0 Å². The second-order valence-electron chi connectivity index (χ2n) is 12.0. The monoisotopic (exact) mass is 768 g/mol. The summed E-state index contributed by atoms with van der Waals surface area (Å²) in [7, 11) is -9.57. The molecule has 0 fully saturated rings. The molecule has 0 aliphatic heterocycles. The Kier molecular flexibility index (Phi) is 8.15. The predicted molar refractivity (Wildman–Crippen MR) is 201 cm³/mol. The standard InChI is InChI=1S/C36H24N4O12S2/c37-25-11-1-15(13-27(25)53(47,48)49)39-33(41)21-7-3-17-19-5-9-23(35(43)44)32-24(36(45)46)10-6-20(30(19)32)18-4-8-22(31(21)29(17)18)34(42)40-16-2-12-26(38)28(14-16)54(50,51)52/h1-14H,37-38H2,(H,39,41)(H,40,42)(H,43,44)(H,45,46)(H,47,48,49)(H,50,51,52). The first-order valence-electron chi connectivity index (χ1n) is 15.3. The fraction of sp³-hybridized carbons (Fsp3) is 0. The van der Waals surface area contributed by atoms with E-state index in [1.165, 1.54) is 48.5 Å². The Bertz CT molecular complexity index is 2910. The van der Waals surface area contributed by atoms with Gasteiger partial charge in [-0.3, -0.25) is 9.11 Å². The summed E-state index contributed by atoms with van der Waals surface area (Å²) in [6.45, 7) is 0. The number of carboxylic acid groups (broad SMARTS) is 2. The molecule has 16 nitrogen and oxygen atoms in total. The molecule has 18 heteroatoms. The molecule has 0 aliphatic rings. The quantitative estimate of drug-likeness (QED) is 0.0218. The molecule has 0 atom stereocenters. The fourth-order valence-electron chi connectivity index (χ4n) is 6.61. The summed E-state index contributed by atoms with van der Waals surface area (Å²) < 4.78 is 66.9. The largest absolute Gasteiger partial charge is 0.493 e. The van der Waals surface area contributed by atoms with Crippen molar-refractivity contribution in [3.05, 3.63) is 107 Å². The number of hydrogen-bond donors (Lipinski definition) is 8. The van der Waals surface area contributed by atoms with Gasteiger partial charge in [0.1, 0.15) is 9.79 Å². The lowest BCUT2D eigenvalue weighted by Crippen LogP contribution is -2.08. The summed E-state index contributed by atoms with van der Waals surface area (Å²) in [6.07, 6.45) is 0. The van der Waals surface area contributed by atoms with Crippen LogP contribution in [0.2, 0.25) is 0 Å². The smallest absolute Gasteiger partial charge is 0.336 e. The Hall–Kier alpha value is -6.86. The van der Waals surface area contributed by atoms with Crippen molar-refractivity contribution in [2.75, 3.05) is 11.5 Å². The van der Waals surface area contributed by atoms with Crippen molar-refractivity contribution in [3.8, 4) is 0 Å². The molecule has 0 radical (unpaired) electrons.